The summed E-state index contributed by atoms with van der Waals surface area (Å²) in [6, 6.07) is 0.919. The maximum Gasteiger partial charge on any atom is 0.0782 e. The van der Waals surface area contributed by atoms with Gasteiger partial charge in [0.1, 0.15) is 0 Å². The molecular weight excluding hydrogens is 210 g/mol. The average molecular weight is 233 g/mol. The van der Waals surface area contributed by atoms with Crippen LogP contribution in [-0.2, 0) is 0 Å². The lowest BCUT2D eigenvalue weighted by Crippen LogP contribution is -2.35. The highest BCUT2D eigenvalue weighted by molar-refractivity contribution is 5.12. The van der Waals surface area contributed by atoms with Gasteiger partial charge in [0.25, 0.3) is 0 Å². The molecule has 17 heavy (non-hydrogen) atoms. The predicted octanol–water partition coefficient (Wildman–Crippen LogP) is 2.87. The Labute approximate surface area is 104 Å². The highest BCUT2D eigenvalue weighted by Crippen LogP contribution is 2.32. The average Bonchev–Trinajstić information content (AvgIpc) is 2.61. The Morgan fingerprint density at radius 1 is 1.24 bits per heavy atom. The zero-order valence-corrected chi connectivity index (χ0v) is 11.3. The molecule has 3 heteroatoms. The molecule has 1 heterocycles. The molecule has 0 saturated heterocycles. The van der Waals surface area contributed by atoms with Crippen LogP contribution in [0, 0.1) is 18.8 Å². The van der Waals surface area contributed by atoms with Crippen LogP contribution in [-0.4, -0.2) is 16.0 Å². The Morgan fingerprint density at radius 2 is 1.94 bits per heavy atom. The molecule has 0 aliphatic heterocycles. The molecule has 3 nitrogen and oxygen atoms in total. The first-order chi connectivity index (χ1) is 8.09. The Morgan fingerprint density at radius 3 is 2.53 bits per heavy atom. The molecule has 4 atom stereocenters. The van der Waals surface area contributed by atoms with Gasteiger partial charge in [-0.2, -0.15) is 0 Å². The summed E-state index contributed by atoms with van der Waals surface area (Å²) in [7, 11) is 0. The lowest BCUT2D eigenvalue weighted by molar-refractivity contribution is 0.344. The first kappa shape index (κ1) is 12.5. The van der Waals surface area contributed by atoms with Gasteiger partial charge in [-0.05, 0) is 38.5 Å². The van der Waals surface area contributed by atoms with Crippen LogP contribution in [0.2, 0.25) is 0 Å². The van der Waals surface area contributed by atoms with Gasteiger partial charge in [0.05, 0.1) is 11.4 Å². The Bertz CT molecular complexity index is 377. The van der Waals surface area contributed by atoms with Crippen LogP contribution in [0.5, 0.6) is 0 Å². The number of hydrogen-bond donors (Lipinski definition) is 1. The predicted molar refractivity (Wildman–Crippen MR) is 69.7 cm³/mol. The summed E-state index contributed by atoms with van der Waals surface area (Å²) in [4.78, 5) is 8.75. The van der Waals surface area contributed by atoms with E-state index in [4.69, 9.17) is 0 Å². The molecular formula is C14H23N3. The number of rotatable bonds is 3. The maximum atomic E-state index is 4.44. The fourth-order valence-electron chi connectivity index (χ4n) is 2.84. The molecule has 1 aromatic heterocycles. The topological polar surface area (TPSA) is 37.8 Å². The van der Waals surface area contributed by atoms with E-state index in [1.54, 1.807) is 12.4 Å². The summed E-state index contributed by atoms with van der Waals surface area (Å²) < 4.78 is 0. The highest BCUT2D eigenvalue weighted by Gasteiger charge is 2.30. The van der Waals surface area contributed by atoms with Crippen molar-refractivity contribution in [3.05, 3.63) is 23.8 Å². The Hall–Kier alpha value is -0.960. The molecule has 1 aliphatic rings. The van der Waals surface area contributed by atoms with Crippen molar-refractivity contribution in [2.24, 2.45) is 11.8 Å². The maximum absolute atomic E-state index is 4.44. The van der Waals surface area contributed by atoms with E-state index in [0.29, 0.717) is 12.1 Å². The number of nitrogens with one attached hydrogen (secondary N) is 1. The smallest absolute Gasteiger partial charge is 0.0782 e. The van der Waals surface area contributed by atoms with Crippen LogP contribution in [0.25, 0.3) is 0 Å². The molecule has 0 radical (unpaired) electrons. The van der Waals surface area contributed by atoms with Gasteiger partial charge in [-0.3, -0.25) is 9.97 Å². The number of aryl methyl sites for hydroxylation is 1. The van der Waals surface area contributed by atoms with E-state index in [9.17, 15) is 0 Å². The quantitative estimate of drug-likeness (QED) is 0.872. The minimum Gasteiger partial charge on any atom is -0.306 e. The van der Waals surface area contributed by atoms with Gasteiger partial charge in [0, 0.05) is 24.5 Å². The van der Waals surface area contributed by atoms with Crippen LogP contribution in [0.1, 0.15) is 51.0 Å². The van der Waals surface area contributed by atoms with E-state index in [2.05, 4.69) is 36.1 Å². The first-order valence-electron chi connectivity index (χ1n) is 6.63. The second kappa shape index (κ2) is 5.13. The summed E-state index contributed by atoms with van der Waals surface area (Å²) in [6.07, 6.45) is 6.16. The Balaban J connectivity index is 2.02. The molecule has 1 aromatic rings. The third-order valence-electron chi connectivity index (χ3n) is 4.26. The molecule has 2 rings (SSSR count). The second-order valence-electron chi connectivity index (χ2n) is 5.44. The van der Waals surface area contributed by atoms with E-state index in [0.717, 1.165) is 23.2 Å². The van der Waals surface area contributed by atoms with Crippen molar-refractivity contribution in [2.75, 3.05) is 0 Å². The van der Waals surface area contributed by atoms with Crippen LogP contribution in [0.4, 0.5) is 0 Å². The van der Waals surface area contributed by atoms with Crippen LogP contribution < -0.4 is 5.32 Å². The van der Waals surface area contributed by atoms with Gasteiger partial charge in [-0.15, -0.1) is 0 Å². The molecule has 1 saturated carbocycles. The van der Waals surface area contributed by atoms with E-state index < -0.39 is 0 Å². The summed E-state index contributed by atoms with van der Waals surface area (Å²) in [5, 5.41) is 3.71. The van der Waals surface area contributed by atoms with E-state index in [1.165, 1.54) is 12.8 Å². The summed E-state index contributed by atoms with van der Waals surface area (Å²) in [5.41, 5.74) is 2.12. The monoisotopic (exact) mass is 233 g/mol. The SMILES string of the molecule is Cc1nccnc1C(C)NC1CCC(C)C1C. The molecule has 1 fully saturated rings. The molecule has 94 valence electrons. The van der Waals surface area contributed by atoms with Crippen LogP contribution in [0.3, 0.4) is 0 Å². The molecule has 1 aliphatic carbocycles. The van der Waals surface area contributed by atoms with Crippen molar-refractivity contribution in [1.82, 2.24) is 15.3 Å². The largest absolute Gasteiger partial charge is 0.306 e. The minimum atomic E-state index is 0.293. The Kier molecular flexibility index (Phi) is 3.77. The molecule has 1 N–H and O–H groups in total. The first-order valence-corrected chi connectivity index (χ1v) is 6.63. The fourth-order valence-corrected chi connectivity index (χ4v) is 2.84. The van der Waals surface area contributed by atoms with Gasteiger partial charge in [-0.25, -0.2) is 0 Å². The fraction of sp³-hybridized carbons (Fsp3) is 0.714. The van der Waals surface area contributed by atoms with Gasteiger partial charge in [-0.1, -0.05) is 13.8 Å². The molecule has 4 unspecified atom stereocenters. The van der Waals surface area contributed by atoms with Crippen molar-refractivity contribution < 1.29 is 0 Å². The van der Waals surface area contributed by atoms with Gasteiger partial charge in [0.2, 0.25) is 0 Å². The number of aromatic nitrogens is 2. The molecule has 0 amide bonds. The summed E-state index contributed by atoms with van der Waals surface area (Å²) in [6.45, 7) is 8.92. The van der Waals surface area contributed by atoms with Crippen LogP contribution >= 0.6 is 0 Å². The third kappa shape index (κ3) is 2.65. The summed E-state index contributed by atoms with van der Waals surface area (Å²) in [5.74, 6) is 1.59. The van der Waals surface area contributed by atoms with E-state index >= 15 is 0 Å². The molecule has 0 aromatic carbocycles. The zero-order chi connectivity index (χ0) is 12.4. The van der Waals surface area contributed by atoms with Crippen LogP contribution in [0.15, 0.2) is 12.4 Å². The standard InChI is InChI=1S/C14H23N3/c1-9-5-6-13(10(9)2)17-12(4)14-11(3)15-7-8-16-14/h7-10,12-13,17H,5-6H2,1-4H3. The van der Waals surface area contributed by atoms with Crippen molar-refractivity contribution in [3.63, 3.8) is 0 Å². The third-order valence-corrected chi connectivity index (χ3v) is 4.26. The van der Waals surface area contributed by atoms with Gasteiger partial charge >= 0.3 is 0 Å². The highest BCUT2D eigenvalue weighted by atomic mass is 15.0. The van der Waals surface area contributed by atoms with E-state index in [-0.39, 0.29) is 0 Å². The van der Waals surface area contributed by atoms with Crippen molar-refractivity contribution in [1.29, 1.82) is 0 Å². The lowest BCUT2D eigenvalue weighted by Gasteiger charge is -2.24. The second-order valence-corrected chi connectivity index (χ2v) is 5.44. The van der Waals surface area contributed by atoms with E-state index in [1.807, 2.05) is 6.92 Å². The lowest BCUT2D eigenvalue weighted by atomic mass is 9.97. The number of hydrogen-bond acceptors (Lipinski definition) is 3. The minimum absolute atomic E-state index is 0.293. The van der Waals surface area contributed by atoms with Gasteiger partial charge in [0.15, 0.2) is 0 Å². The zero-order valence-electron chi connectivity index (χ0n) is 11.3. The van der Waals surface area contributed by atoms with Crippen molar-refractivity contribution >= 4 is 0 Å². The number of nitrogens with zero attached hydrogens (tertiary/aromatic N) is 2. The molecule has 0 spiro atoms. The van der Waals surface area contributed by atoms with Crippen molar-refractivity contribution in [3.8, 4) is 0 Å². The van der Waals surface area contributed by atoms with Crippen molar-refractivity contribution in [2.45, 2.75) is 52.6 Å². The molecule has 0 bridgehead atoms. The normalized spacial score (nSPS) is 30.5. The summed E-state index contributed by atoms with van der Waals surface area (Å²) >= 11 is 0. The van der Waals surface area contributed by atoms with Gasteiger partial charge < -0.3 is 5.32 Å².